The summed E-state index contributed by atoms with van der Waals surface area (Å²) in [5.74, 6) is 0.252. The molecule has 0 spiro atoms. The second kappa shape index (κ2) is 9.68. The number of rotatable bonds is 5. The highest BCUT2D eigenvalue weighted by Crippen LogP contribution is 2.24. The largest absolute Gasteiger partial charge is 0.444 e. The number of nitrogens with one attached hydrogen (secondary N) is 2. The Morgan fingerprint density at radius 1 is 1.39 bits per heavy atom. The van der Waals surface area contributed by atoms with Gasteiger partial charge in [0.05, 0.1) is 5.69 Å². The van der Waals surface area contributed by atoms with Crippen LogP contribution in [0.5, 0.6) is 0 Å². The van der Waals surface area contributed by atoms with E-state index in [1.165, 1.54) is 6.07 Å². The molecule has 0 saturated carbocycles. The van der Waals surface area contributed by atoms with Gasteiger partial charge in [-0.25, -0.2) is 19.2 Å². The highest BCUT2D eigenvalue weighted by molar-refractivity contribution is 6.28. The maximum atomic E-state index is 14.1. The van der Waals surface area contributed by atoms with Crippen molar-refractivity contribution >= 4 is 29.2 Å². The zero-order chi connectivity index (χ0) is 22.6. The van der Waals surface area contributed by atoms with Gasteiger partial charge in [0.25, 0.3) is 0 Å². The second-order valence-electron chi connectivity index (χ2n) is 8.71. The van der Waals surface area contributed by atoms with Crippen molar-refractivity contribution in [1.29, 1.82) is 0 Å². The van der Waals surface area contributed by atoms with E-state index in [0.29, 0.717) is 31.1 Å². The number of hydrogen-bond acceptors (Lipinski definition) is 6. The molecular formula is C22H29ClFN5O2. The molecule has 2 aromatic rings. The number of benzene rings is 1. The summed E-state index contributed by atoms with van der Waals surface area (Å²) in [6, 6.07) is 4.92. The average molecular weight is 450 g/mol. The smallest absolute Gasteiger partial charge is 0.410 e. The van der Waals surface area contributed by atoms with Crippen molar-refractivity contribution in [3.8, 4) is 0 Å². The molecule has 0 bridgehead atoms. The molecule has 9 heteroatoms. The Balaban J connectivity index is 1.70. The van der Waals surface area contributed by atoms with E-state index < -0.39 is 5.60 Å². The van der Waals surface area contributed by atoms with E-state index in [2.05, 4.69) is 20.6 Å². The number of halogens is 2. The number of likely N-dealkylation sites (tertiary alicyclic amines) is 1. The first-order valence-corrected chi connectivity index (χ1v) is 10.7. The molecule has 168 valence electrons. The van der Waals surface area contributed by atoms with E-state index in [0.717, 1.165) is 24.0 Å². The maximum absolute atomic E-state index is 14.1. The highest BCUT2D eigenvalue weighted by atomic mass is 35.5. The van der Waals surface area contributed by atoms with Crippen LogP contribution < -0.4 is 10.6 Å². The molecular weight excluding hydrogens is 421 g/mol. The number of aryl methyl sites for hydroxylation is 1. The Morgan fingerprint density at radius 2 is 2.16 bits per heavy atom. The number of carbonyl (C=O) groups excluding carboxylic acids is 1. The summed E-state index contributed by atoms with van der Waals surface area (Å²) in [7, 11) is 0. The maximum Gasteiger partial charge on any atom is 0.410 e. The quantitative estimate of drug-likeness (QED) is 0.625. The summed E-state index contributed by atoms with van der Waals surface area (Å²) in [5, 5.41) is 6.63. The average Bonchev–Trinajstić information content (AvgIpc) is 2.68. The second-order valence-corrected chi connectivity index (χ2v) is 9.05. The molecule has 1 aliphatic rings. The summed E-state index contributed by atoms with van der Waals surface area (Å²) < 4.78 is 19.6. The highest BCUT2D eigenvalue weighted by Gasteiger charge is 2.28. The Bertz CT molecular complexity index is 914. The molecule has 7 nitrogen and oxygen atoms in total. The fraction of sp³-hybridized carbons (Fsp3) is 0.500. The fourth-order valence-electron chi connectivity index (χ4n) is 3.46. The number of hydrogen-bond donors (Lipinski definition) is 2. The molecule has 2 heterocycles. The number of aromatic nitrogens is 2. The minimum absolute atomic E-state index is 0.0128. The zero-order valence-corrected chi connectivity index (χ0v) is 19.1. The van der Waals surface area contributed by atoms with Crippen LogP contribution in [0, 0.1) is 12.7 Å². The molecule has 1 aliphatic heterocycles. The Hall–Kier alpha value is -2.61. The van der Waals surface area contributed by atoms with Crippen LogP contribution in [-0.4, -0.2) is 45.7 Å². The number of ether oxygens (including phenoxy) is 1. The molecule has 1 fully saturated rings. The van der Waals surface area contributed by atoms with Crippen molar-refractivity contribution in [2.24, 2.45) is 0 Å². The Morgan fingerprint density at radius 3 is 2.87 bits per heavy atom. The fourth-order valence-corrected chi connectivity index (χ4v) is 3.59. The van der Waals surface area contributed by atoms with Crippen molar-refractivity contribution in [3.63, 3.8) is 0 Å². The molecule has 1 aromatic carbocycles. The molecule has 2 N–H and O–H groups in total. The third-order valence-electron chi connectivity index (χ3n) is 4.93. The summed E-state index contributed by atoms with van der Waals surface area (Å²) in [6.07, 6.45) is 3.02. The van der Waals surface area contributed by atoms with E-state index in [9.17, 15) is 9.18 Å². The monoisotopic (exact) mass is 449 g/mol. The molecule has 3 rings (SSSR count). The topological polar surface area (TPSA) is 79.4 Å². The number of carbonyl (C=O) groups is 1. The molecule has 1 atom stereocenters. The molecule has 0 radical (unpaired) electrons. The summed E-state index contributed by atoms with van der Waals surface area (Å²) in [6.45, 7) is 8.87. The van der Waals surface area contributed by atoms with Gasteiger partial charge in [-0.3, -0.25) is 0 Å². The third-order valence-corrected chi connectivity index (χ3v) is 5.11. The SMILES string of the molecule is Cc1cccc(F)c1NCc1cnc(Cl)nc1N[C@@H]1CCCN(C(=O)OC(C)(C)C)C1. The Kier molecular flexibility index (Phi) is 7.20. The normalized spacial score (nSPS) is 16.7. The summed E-state index contributed by atoms with van der Waals surface area (Å²) in [4.78, 5) is 22.5. The van der Waals surface area contributed by atoms with Gasteiger partial charge in [-0.1, -0.05) is 12.1 Å². The van der Waals surface area contributed by atoms with E-state index in [1.807, 2.05) is 33.8 Å². The predicted octanol–water partition coefficient (Wildman–Crippen LogP) is 5.00. The Labute approximate surface area is 187 Å². The first kappa shape index (κ1) is 23.1. The third kappa shape index (κ3) is 6.43. The van der Waals surface area contributed by atoms with Crippen molar-refractivity contribution in [3.05, 3.63) is 46.6 Å². The van der Waals surface area contributed by atoms with Gasteiger partial charge in [0.2, 0.25) is 5.28 Å². The van der Waals surface area contributed by atoms with Crippen molar-refractivity contribution in [1.82, 2.24) is 14.9 Å². The van der Waals surface area contributed by atoms with E-state index >= 15 is 0 Å². The van der Waals surface area contributed by atoms with E-state index in [4.69, 9.17) is 16.3 Å². The summed E-state index contributed by atoms with van der Waals surface area (Å²) >= 11 is 6.03. The van der Waals surface area contributed by atoms with Gasteiger partial charge >= 0.3 is 6.09 Å². The lowest BCUT2D eigenvalue weighted by atomic mass is 10.1. The zero-order valence-electron chi connectivity index (χ0n) is 18.3. The van der Waals surface area contributed by atoms with Crippen LogP contribution in [0.15, 0.2) is 24.4 Å². The number of piperidine rings is 1. The van der Waals surface area contributed by atoms with Gasteiger partial charge in [0, 0.05) is 37.4 Å². The van der Waals surface area contributed by atoms with Gasteiger partial charge in [0.1, 0.15) is 17.2 Å². The van der Waals surface area contributed by atoms with Gasteiger partial charge < -0.3 is 20.3 Å². The summed E-state index contributed by atoms with van der Waals surface area (Å²) in [5.41, 5.74) is 1.46. The van der Waals surface area contributed by atoms with E-state index in [1.54, 1.807) is 17.2 Å². The van der Waals surface area contributed by atoms with Gasteiger partial charge in [0.15, 0.2) is 0 Å². The number of para-hydroxylation sites is 1. The van der Waals surface area contributed by atoms with Crippen molar-refractivity contribution in [2.45, 2.75) is 58.7 Å². The minimum Gasteiger partial charge on any atom is -0.444 e. The van der Waals surface area contributed by atoms with Crippen molar-refractivity contribution < 1.29 is 13.9 Å². The first-order chi connectivity index (χ1) is 14.6. The molecule has 1 aromatic heterocycles. The number of amides is 1. The van der Waals surface area contributed by atoms with Crippen LogP contribution in [0.2, 0.25) is 5.28 Å². The number of nitrogens with zero attached hydrogens (tertiary/aromatic N) is 3. The molecule has 0 unspecified atom stereocenters. The molecule has 1 saturated heterocycles. The lowest BCUT2D eigenvalue weighted by Crippen LogP contribution is -2.47. The van der Waals surface area contributed by atoms with Crippen LogP contribution in [0.3, 0.4) is 0 Å². The lowest BCUT2D eigenvalue weighted by molar-refractivity contribution is 0.0206. The van der Waals surface area contributed by atoms with Crippen LogP contribution in [0.25, 0.3) is 0 Å². The number of anilines is 2. The molecule has 0 aliphatic carbocycles. The van der Waals surface area contributed by atoms with Gasteiger partial charge in [-0.15, -0.1) is 0 Å². The predicted molar refractivity (Wildman–Crippen MR) is 120 cm³/mol. The molecule has 31 heavy (non-hydrogen) atoms. The van der Waals surface area contributed by atoms with Crippen LogP contribution in [0.1, 0.15) is 44.7 Å². The van der Waals surface area contributed by atoms with E-state index in [-0.39, 0.29) is 23.2 Å². The van der Waals surface area contributed by atoms with Crippen LogP contribution in [0.4, 0.5) is 20.7 Å². The van der Waals surface area contributed by atoms with Gasteiger partial charge in [-0.05, 0) is 63.8 Å². The molecule has 1 amide bonds. The first-order valence-electron chi connectivity index (χ1n) is 10.4. The van der Waals surface area contributed by atoms with Crippen LogP contribution in [-0.2, 0) is 11.3 Å². The standard InChI is InChI=1S/C22H29ClFN5O2/c1-14-7-5-9-17(24)18(14)25-11-15-12-26-20(23)28-19(15)27-16-8-6-10-29(13-16)21(30)31-22(2,3)4/h5,7,9,12,16,25H,6,8,10-11,13H2,1-4H3,(H,26,27,28)/t16-/m1/s1. The lowest BCUT2D eigenvalue weighted by Gasteiger charge is -2.34. The van der Waals surface area contributed by atoms with Crippen molar-refractivity contribution in [2.75, 3.05) is 23.7 Å². The van der Waals surface area contributed by atoms with Gasteiger partial charge in [-0.2, -0.15) is 0 Å². The minimum atomic E-state index is -0.540. The van der Waals surface area contributed by atoms with Crippen LogP contribution >= 0.6 is 11.6 Å².